The van der Waals surface area contributed by atoms with Crippen LogP contribution in [-0.4, -0.2) is 24.8 Å². The number of hydrogen-bond donors (Lipinski definition) is 1. The van der Waals surface area contributed by atoms with E-state index in [4.69, 9.17) is 0 Å². The van der Waals surface area contributed by atoms with Gasteiger partial charge in [0.25, 0.3) is 5.56 Å². The Balaban J connectivity index is 1.32. The summed E-state index contributed by atoms with van der Waals surface area (Å²) in [5.74, 6) is -0.296. The van der Waals surface area contributed by atoms with Crippen molar-refractivity contribution in [2.24, 2.45) is 0 Å². The van der Waals surface area contributed by atoms with E-state index in [2.05, 4.69) is 15.3 Å². The third kappa shape index (κ3) is 3.69. The van der Waals surface area contributed by atoms with Crippen molar-refractivity contribution in [1.29, 1.82) is 0 Å². The molecule has 0 unspecified atom stereocenters. The first kappa shape index (κ1) is 18.7. The van der Waals surface area contributed by atoms with Gasteiger partial charge in [-0.1, -0.05) is 24.3 Å². The topological polar surface area (TPSA) is 81.3 Å². The number of imidazole rings is 1. The third-order valence-electron chi connectivity index (χ3n) is 5.13. The van der Waals surface area contributed by atoms with E-state index in [1.165, 1.54) is 10.9 Å². The molecule has 1 amide bonds. The second-order valence-electron chi connectivity index (χ2n) is 7.42. The lowest BCUT2D eigenvalue weighted by atomic mass is 10.1. The first-order valence-electron chi connectivity index (χ1n) is 9.87. The number of hydrogen-bond acceptors (Lipinski definition) is 4. The number of aromatic nitrogens is 4. The minimum Gasteiger partial charge on any atom is -0.325 e. The van der Waals surface area contributed by atoms with E-state index in [1.54, 1.807) is 18.2 Å². The smallest absolute Gasteiger partial charge is 0.261 e. The molecule has 0 aliphatic rings. The molecule has 0 fully saturated rings. The summed E-state index contributed by atoms with van der Waals surface area (Å²) in [6, 6.07) is 18.6. The molecule has 0 bridgehead atoms. The van der Waals surface area contributed by atoms with E-state index < -0.39 is 0 Å². The minimum atomic E-state index is -0.296. The van der Waals surface area contributed by atoms with Crippen LogP contribution in [0.2, 0.25) is 0 Å². The van der Waals surface area contributed by atoms with Crippen LogP contribution in [0.15, 0.2) is 84.2 Å². The number of pyridine rings is 1. The number of nitrogens with one attached hydrogen (secondary N) is 1. The molecule has 5 aromatic rings. The standard InChI is InChI=1S/C24H19N5O2/c1-16-10-11-28-13-21(27-22(28)12-16)17-6-8-18(9-7-17)26-23(30)14-29-15-25-20-5-3-2-4-19(20)24(29)31/h2-13,15H,14H2,1H3,(H,26,30). The van der Waals surface area contributed by atoms with Gasteiger partial charge in [-0.15, -0.1) is 0 Å². The summed E-state index contributed by atoms with van der Waals surface area (Å²) in [7, 11) is 0. The molecule has 5 rings (SSSR count). The number of para-hydroxylation sites is 1. The molecule has 31 heavy (non-hydrogen) atoms. The Morgan fingerprint density at radius 2 is 1.87 bits per heavy atom. The first-order chi connectivity index (χ1) is 15.1. The zero-order valence-corrected chi connectivity index (χ0v) is 16.8. The number of rotatable bonds is 4. The fraction of sp³-hybridized carbons (Fsp3) is 0.0833. The Kier molecular flexibility index (Phi) is 4.55. The molecule has 7 heteroatoms. The van der Waals surface area contributed by atoms with Gasteiger partial charge in [-0.2, -0.15) is 0 Å². The number of carbonyl (C=O) groups excluding carboxylic acids is 1. The molecular weight excluding hydrogens is 390 g/mol. The van der Waals surface area contributed by atoms with Gasteiger partial charge in [0.1, 0.15) is 12.2 Å². The van der Waals surface area contributed by atoms with Crippen molar-refractivity contribution in [3.8, 4) is 11.3 Å². The molecule has 0 spiro atoms. The van der Waals surface area contributed by atoms with Gasteiger partial charge in [0.15, 0.2) is 0 Å². The van der Waals surface area contributed by atoms with Crippen molar-refractivity contribution in [3.63, 3.8) is 0 Å². The van der Waals surface area contributed by atoms with E-state index in [-0.39, 0.29) is 18.0 Å². The number of anilines is 1. The predicted octanol–water partition coefficient (Wildman–Crippen LogP) is 3.66. The maximum Gasteiger partial charge on any atom is 0.261 e. The van der Waals surface area contributed by atoms with Crippen molar-refractivity contribution in [1.82, 2.24) is 18.9 Å². The zero-order valence-electron chi connectivity index (χ0n) is 16.8. The molecule has 0 aliphatic carbocycles. The molecule has 7 nitrogen and oxygen atoms in total. The van der Waals surface area contributed by atoms with Crippen molar-refractivity contribution in [3.05, 3.63) is 95.3 Å². The second kappa shape index (κ2) is 7.53. The molecular formula is C24H19N5O2. The normalized spacial score (nSPS) is 11.1. The Hall–Kier alpha value is -4.26. The van der Waals surface area contributed by atoms with E-state index in [0.717, 1.165) is 22.5 Å². The number of amides is 1. The fourth-order valence-corrected chi connectivity index (χ4v) is 3.52. The van der Waals surface area contributed by atoms with Gasteiger partial charge < -0.3 is 9.72 Å². The highest BCUT2D eigenvalue weighted by Crippen LogP contribution is 2.21. The monoisotopic (exact) mass is 409 g/mol. The lowest BCUT2D eigenvalue weighted by molar-refractivity contribution is -0.116. The number of fused-ring (bicyclic) bond motifs is 2. The molecule has 3 aromatic heterocycles. The average molecular weight is 409 g/mol. The predicted molar refractivity (Wildman–Crippen MR) is 120 cm³/mol. The van der Waals surface area contributed by atoms with E-state index >= 15 is 0 Å². The summed E-state index contributed by atoms with van der Waals surface area (Å²) in [6.07, 6.45) is 5.36. The molecule has 3 heterocycles. The number of aryl methyl sites for hydroxylation is 1. The van der Waals surface area contributed by atoms with Crippen molar-refractivity contribution < 1.29 is 4.79 Å². The maximum absolute atomic E-state index is 12.5. The van der Waals surface area contributed by atoms with Crippen LogP contribution < -0.4 is 10.9 Å². The molecule has 1 N–H and O–H groups in total. The van der Waals surface area contributed by atoms with Crippen LogP contribution in [-0.2, 0) is 11.3 Å². The Bertz CT molecular complexity index is 1480. The summed E-state index contributed by atoms with van der Waals surface area (Å²) in [5, 5.41) is 3.32. The van der Waals surface area contributed by atoms with E-state index in [1.807, 2.05) is 66.2 Å². The lowest BCUT2D eigenvalue weighted by Crippen LogP contribution is -2.27. The molecule has 2 aromatic carbocycles. The highest BCUT2D eigenvalue weighted by Gasteiger charge is 2.09. The Morgan fingerprint density at radius 3 is 2.71 bits per heavy atom. The molecule has 152 valence electrons. The fourth-order valence-electron chi connectivity index (χ4n) is 3.52. The van der Waals surface area contributed by atoms with Crippen LogP contribution >= 0.6 is 0 Å². The van der Waals surface area contributed by atoms with E-state index in [0.29, 0.717) is 16.6 Å². The number of benzene rings is 2. The molecule has 0 saturated carbocycles. The molecule has 0 saturated heterocycles. The van der Waals surface area contributed by atoms with Gasteiger partial charge in [-0.05, 0) is 48.9 Å². The van der Waals surface area contributed by atoms with Gasteiger partial charge in [0.2, 0.25) is 5.91 Å². The quantitative estimate of drug-likeness (QED) is 0.491. The Labute approximate surface area is 177 Å². The van der Waals surface area contributed by atoms with Gasteiger partial charge in [-0.25, -0.2) is 9.97 Å². The summed E-state index contributed by atoms with van der Waals surface area (Å²) < 4.78 is 3.29. The third-order valence-corrected chi connectivity index (χ3v) is 5.13. The highest BCUT2D eigenvalue weighted by molar-refractivity contribution is 5.91. The van der Waals surface area contributed by atoms with Crippen LogP contribution in [0.5, 0.6) is 0 Å². The largest absolute Gasteiger partial charge is 0.325 e. The lowest BCUT2D eigenvalue weighted by Gasteiger charge is -2.08. The summed E-state index contributed by atoms with van der Waals surface area (Å²) in [5.41, 5.74) is 4.88. The van der Waals surface area contributed by atoms with Crippen LogP contribution in [0.4, 0.5) is 5.69 Å². The van der Waals surface area contributed by atoms with Crippen LogP contribution in [0, 0.1) is 6.92 Å². The van der Waals surface area contributed by atoms with Crippen molar-refractivity contribution in [2.45, 2.75) is 13.5 Å². The highest BCUT2D eigenvalue weighted by atomic mass is 16.2. The van der Waals surface area contributed by atoms with E-state index in [9.17, 15) is 9.59 Å². The average Bonchev–Trinajstić information content (AvgIpc) is 3.19. The maximum atomic E-state index is 12.5. The SMILES string of the molecule is Cc1ccn2cc(-c3ccc(NC(=O)Cn4cnc5ccccc5c4=O)cc3)nc2c1. The van der Waals surface area contributed by atoms with Crippen molar-refractivity contribution in [2.75, 3.05) is 5.32 Å². The Morgan fingerprint density at radius 1 is 1.06 bits per heavy atom. The summed E-state index contributed by atoms with van der Waals surface area (Å²) in [4.78, 5) is 33.9. The minimum absolute atomic E-state index is 0.107. The van der Waals surface area contributed by atoms with Gasteiger partial charge in [-0.3, -0.25) is 14.2 Å². The number of nitrogens with zero attached hydrogens (tertiary/aromatic N) is 4. The first-order valence-corrected chi connectivity index (χ1v) is 9.87. The van der Waals surface area contributed by atoms with Gasteiger partial charge in [0, 0.05) is 23.6 Å². The van der Waals surface area contributed by atoms with Crippen LogP contribution in [0.25, 0.3) is 27.8 Å². The molecule has 0 radical (unpaired) electrons. The zero-order chi connectivity index (χ0) is 21.4. The van der Waals surface area contributed by atoms with Gasteiger partial charge >= 0.3 is 0 Å². The van der Waals surface area contributed by atoms with Crippen molar-refractivity contribution >= 4 is 28.1 Å². The summed E-state index contributed by atoms with van der Waals surface area (Å²) >= 11 is 0. The van der Waals surface area contributed by atoms with Crippen LogP contribution in [0.3, 0.4) is 0 Å². The summed E-state index contributed by atoms with van der Waals surface area (Å²) in [6.45, 7) is 1.93. The molecule has 0 aliphatic heterocycles. The molecule has 0 atom stereocenters. The number of carbonyl (C=O) groups is 1. The van der Waals surface area contributed by atoms with Crippen LogP contribution in [0.1, 0.15) is 5.56 Å². The van der Waals surface area contributed by atoms with Gasteiger partial charge in [0.05, 0.1) is 22.9 Å². The second-order valence-corrected chi connectivity index (χ2v) is 7.42.